The van der Waals surface area contributed by atoms with E-state index in [-0.39, 0.29) is 6.61 Å². The largest absolute Gasteiger partial charge is 0.480 e. The second kappa shape index (κ2) is 8.94. The number of nitrogens with two attached hydrogens (primary N) is 1. The second-order valence-corrected chi connectivity index (χ2v) is 4.66. The number of aliphatic hydroxyl groups excluding tert-OH is 1. The zero-order valence-corrected chi connectivity index (χ0v) is 12.0. The molecule has 5 nitrogen and oxygen atoms in total. The van der Waals surface area contributed by atoms with Crippen LogP contribution in [0.4, 0.5) is 0 Å². The normalized spacial score (nSPS) is 11.5. The highest BCUT2D eigenvalue weighted by Crippen LogP contribution is 2.18. The molecule has 1 heterocycles. The van der Waals surface area contributed by atoms with E-state index >= 15 is 0 Å². The van der Waals surface area contributed by atoms with Crippen molar-refractivity contribution in [2.45, 2.75) is 25.3 Å². The maximum Gasteiger partial charge on any atom is 0.320 e. The quantitative estimate of drug-likeness (QED) is 0.483. The van der Waals surface area contributed by atoms with E-state index in [1.54, 1.807) is 6.08 Å². The van der Waals surface area contributed by atoms with Gasteiger partial charge in [0.05, 0.1) is 0 Å². The number of fused-ring (bicyclic) bond motifs is 1. The van der Waals surface area contributed by atoms with Gasteiger partial charge in [-0.15, -0.1) is 6.58 Å². The predicted molar refractivity (Wildman–Crippen MR) is 84.1 cm³/mol. The molecule has 114 valence electrons. The third-order valence-electron chi connectivity index (χ3n) is 3.00. The van der Waals surface area contributed by atoms with Gasteiger partial charge in [0.1, 0.15) is 6.04 Å². The third-order valence-corrected chi connectivity index (χ3v) is 3.00. The van der Waals surface area contributed by atoms with Crippen LogP contribution in [-0.2, 0) is 11.2 Å². The molecular formula is C16H22N2O3. The van der Waals surface area contributed by atoms with Gasteiger partial charge in [-0.05, 0) is 24.5 Å². The van der Waals surface area contributed by atoms with Crippen LogP contribution in [0, 0.1) is 0 Å². The van der Waals surface area contributed by atoms with E-state index < -0.39 is 12.0 Å². The lowest BCUT2D eigenvalue weighted by molar-refractivity contribution is -0.138. The van der Waals surface area contributed by atoms with Crippen molar-refractivity contribution in [1.82, 2.24) is 4.98 Å². The van der Waals surface area contributed by atoms with E-state index in [1.165, 1.54) is 0 Å². The van der Waals surface area contributed by atoms with E-state index in [1.807, 2.05) is 30.5 Å². The Morgan fingerprint density at radius 1 is 1.43 bits per heavy atom. The first-order valence-corrected chi connectivity index (χ1v) is 6.85. The number of benzene rings is 1. The minimum Gasteiger partial charge on any atom is -0.480 e. The number of hydrogen-bond acceptors (Lipinski definition) is 3. The van der Waals surface area contributed by atoms with Gasteiger partial charge in [-0.2, -0.15) is 0 Å². The smallest absolute Gasteiger partial charge is 0.320 e. The molecule has 0 fully saturated rings. The van der Waals surface area contributed by atoms with E-state index in [0.717, 1.165) is 29.3 Å². The van der Waals surface area contributed by atoms with Crippen LogP contribution >= 0.6 is 0 Å². The molecule has 0 saturated carbocycles. The Balaban J connectivity index is 0.000000315. The average molecular weight is 290 g/mol. The Kier molecular flexibility index (Phi) is 7.21. The number of aliphatic hydroxyl groups is 1. The van der Waals surface area contributed by atoms with Gasteiger partial charge in [0.2, 0.25) is 0 Å². The van der Waals surface area contributed by atoms with Gasteiger partial charge in [0, 0.05) is 30.1 Å². The Bertz CT molecular complexity index is 578. The standard InChI is InChI=1S/C11H12N2O2.C5H10O/c12-9(11(14)15)5-7-6-13-10-4-2-1-3-8(7)10;1-2-3-4-5-6/h1-4,6,9,13H,5,12H2,(H,14,15);2,6H,1,3-5H2/t9-;/m0./s1. The number of aromatic amines is 1. The zero-order chi connectivity index (χ0) is 15.7. The van der Waals surface area contributed by atoms with Crippen molar-refractivity contribution in [1.29, 1.82) is 0 Å². The van der Waals surface area contributed by atoms with Crippen LogP contribution in [0.25, 0.3) is 10.9 Å². The topological polar surface area (TPSA) is 99.3 Å². The molecule has 0 radical (unpaired) electrons. The first kappa shape index (κ1) is 16.9. The summed E-state index contributed by atoms with van der Waals surface area (Å²) in [6.07, 6.45) is 5.74. The summed E-state index contributed by atoms with van der Waals surface area (Å²) in [5.74, 6) is -0.972. The van der Waals surface area contributed by atoms with Gasteiger partial charge in [-0.1, -0.05) is 24.3 Å². The molecule has 0 saturated heterocycles. The molecule has 0 aliphatic heterocycles. The zero-order valence-electron chi connectivity index (χ0n) is 12.0. The number of para-hydroxylation sites is 1. The fraction of sp³-hybridized carbons (Fsp3) is 0.312. The molecule has 0 spiro atoms. The molecule has 0 amide bonds. The summed E-state index contributed by atoms with van der Waals surface area (Å²) in [4.78, 5) is 13.7. The van der Waals surface area contributed by atoms with Gasteiger partial charge >= 0.3 is 5.97 Å². The average Bonchev–Trinajstić information content (AvgIpc) is 2.89. The summed E-state index contributed by atoms with van der Waals surface area (Å²) in [7, 11) is 0. The second-order valence-electron chi connectivity index (χ2n) is 4.66. The number of unbranched alkanes of at least 4 members (excludes halogenated alkanes) is 1. The van der Waals surface area contributed by atoms with E-state index in [0.29, 0.717) is 6.42 Å². The molecule has 0 aliphatic carbocycles. The molecule has 2 rings (SSSR count). The molecular weight excluding hydrogens is 268 g/mol. The van der Waals surface area contributed by atoms with Crippen LogP contribution in [0.2, 0.25) is 0 Å². The number of carboxylic acid groups (broad SMARTS) is 1. The molecule has 2 aromatic rings. The number of aromatic nitrogens is 1. The Morgan fingerprint density at radius 2 is 2.14 bits per heavy atom. The first-order chi connectivity index (χ1) is 10.1. The highest BCUT2D eigenvalue weighted by atomic mass is 16.4. The number of rotatable bonds is 6. The van der Waals surface area contributed by atoms with Gasteiger partial charge in [0.25, 0.3) is 0 Å². The lowest BCUT2D eigenvalue weighted by atomic mass is 10.1. The van der Waals surface area contributed by atoms with Gasteiger partial charge in [-0.25, -0.2) is 0 Å². The molecule has 0 bridgehead atoms. The van der Waals surface area contributed by atoms with Crippen molar-refractivity contribution in [2.24, 2.45) is 5.73 Å². The van der Waals surface area contributed by atoms with Crippen LogP contribution in [0.15, 0.2) is 43.1 Å². The van der Waals surface area contributed by atoms with Gasteiger partial charge in [-0.3, -0.25) is 4.79 Å². The molecule has 5 N–H and O–H groups in total. The number of hydrogen-bond donors (Lipinski definition) is 4. The number of carbonyl (C=O) groups is 1. The summed E-state index contributed by atoms with van der Waals surface area (Å²) in [6.45, 7) is 3.77. The van der Waals surface area contributed by atoms with E-state index in [4.69, 9.17) is 15.9 Å². The summed E-state index contributed by atoms with van der Waals surface area (Å²) < 4.78 is 0. The Labute approximate surface area is 124 Å². The number of aliphatic carboxylic acids is 1. The summed E-state index contributed by atoms with van der Waals surface area (Å²) in [6, 6.07) is 6.91. The molecule has 5 heteroatoms. The van der Waals surface area contributed by atoms with E-state index in [2.05, 4.69) is 11.6 Å². The Hall–Kier alpha value is -2.11. The highest BCUT2D eigenvalue weighted by Gasteiger charge is 2.14. The van der Waals surface area contributed by atoms with Crippen LogP contribution in [-0.4, -0.2) is 33.8 Å². The predicted octanol–water partition coefficient (Wildman–Crippen LogP) is 2.07. The minimum atomic E-state index is -0.972. The maximum atomic E-state index is 10.6. The van der Waals surface area contributed by atoms with Crippen molar-refractivity contribution in [3.05, 3.63) is 48.7 Å². The SMILES string of the molecule is C=CCCCO.N[C@@H](Cc1c[nH]c2ccccc12)C(=O)O. The molecule has 1 atom stereocenters. The number of carboxylic acids is 1. The van der Waals surface area contributed by atoms with Crippen molar-refractivity contribution < 1.29 is 15.0 Å². The monoisotopic (exact) mass is 290 g/mol. The molecule has 21 heavy (non-hydrogen) atoms. The third kappa shape index (κ3) is 5.41. The lowest BCUT2D eigenvalue weighted by Crippen LogP contribution is -2.32. The minimum absolute atomic E-state index is 0.284. The lowest BCUT2D eigenvalue weighted by Gasteiger charge is -2.04. The van der Waals surface area contributed by atoms with Crippen LogP contribution in [0.1, 0.15) is 18.4 Å². The van der Waals surface area contributed by atoms with Gasteiger partial charge in [0.15, 0.2) is 0 Å². The highest BCUT2D eigenvalue weighted by molar-refractivity contribution is 5.84. The maximum absolute atomic E-state index is 10.6. The molecule has 1 aromatic carbocycles. The summed E-state index contributed by atoms with van der Waals surface area (Å²) in [5.41, 5.74) is 7.43. The number of H-pyrrole nitrogens is 1. The first-order valence-electron chi connectivity index (χ1n) is 6.85. The Morgan fingerprint density at radius 3 is 2.71 bits per heavy atom. The fourth-order valence-electron chi connectivity index (χ4n) is 1.86. The molecule has 0 unspecified atom stereocenters. The molecule has 0 aliphatic rings. The summed E-state index contributed by atoms with van der Waals surface area (Å²) in [5, 5.41) is 17.9. The van der Waals surface area contributed by atoms with Crippen LogP contribution < -0.4 is 5.73 Å². The van der Waals surface area contributed by atoms with Crippen molar-refractivity contribution >= 4 is 16.9 Å². The fourth-order valence-corrected chi connectivity index (χ4v) is 1.86. The number of nitrogens with one attached hydrogen (secondary N) is 1. The van der Waals surface area contributed by atoms with Crippen molar-refractivity contribution in [3.8, 4) is 0 Å². The summed E-state index contributed by atoms with van der Waals surface area (Å²) >= 11 is 0. The van der Waals surface area contributed by atoms with Crippen molar-refractivity contribution in [3.63, 3.8) is 0 Å². The van der Waals surface area contributed by atoms with Crippen molar-refractivity contribution in [2.75, 3.05) is 6.61 Å². The van der Waals surface area contributed by atoms with E-state index in [9.17, 15) is 4.79 Å². The number of allylic oxidation sites excluding steroid dienone is 1. The van der Waals surface area contributed by atoms with Crippen LogP contribution in [0.3, 0.4) is 0 Å². The molecule has 1 aromatic heterocycles. The van der Waals surface area contributed by atoms with Crippen LogP contribution in [0.5, 0.6) is 0 Å². The van der Waals surface area contributed by atoms with Gasteiger partial charge < -0.3 is 20.9 Å².